The van der Waals surface area contributed by atoms with Crippen LogP contribution < -0.4 is 9.47 Å². The first kappa shape index (κ1) is 17.5. The summed E-state index contributed by atoms with van der Waals surface area (Å²) < 4.78 is 11.5. The van der Waals surface area contributed by atoms with E-state index >= 15 is 0 Å². The molecule has 146 valence electrons. The summed E-state index contributed by atoms with van der Waals surface area (Å²) in [6, 6.07) is 9.85. The van der Waals surface area contributed by atoms with E-state index in [-0.39, 0.29) is 12.2 Å². The third kappa shape index (κ3) is 3.04. The van der Waals surface area contributed by atoms with Crippen LogP contribution >= 0.6 is 0 Å². The molecule has 0 atom stereocenters. The molecule has 2 N–H and O–H groups in total. The number of H-pyrrole nitrogens is 2. The van der Waals surface area contributed by atoms with Crippen molar-refractivity contribution in [3.8, 4) is 22.8 Å². The van der Waals surface area contributed by atoms with E-state index in [0.717, 1.165) is 50.6 Å². The van der Waals surface area contributed by atoms with Crippen molar-refractivity contribution in [1.29, 1.82) is 0 Å². The molecular weight excluding hydrogens is 368 g/mol. The van der Waals surface area contributed by atoms with Crippen LogP contribution in [0.5, 0.6) is 11.5 Å². The normalized spacial score (nSPS) is 13.0. The molecule has 0 spiro atoms. The van der Waals surface area contributed by atoms with Crippen molar-refractivity contribution in [3.05, 3.63) is 59.0 Å². The van der Waals surface area contributed by atoms with Crippen LogP contribution in [0, 0.1) is 13.8 Å². The Balaban J connectivity index is 1.47. The number of pyridine rings is 1. The van der Waals surface area contributed by atoms with Crippen LogP contribution in [0.25, 0.3) is 22.3 Å². The van der Waals surface area contributed by atoms with Gasteiger partial charge in [-0.25, -0.2) is 4.98 Å². The number of ether oxygens (including phenoxy) is 2. The quantitative estimate of drug-likeness (QED) is 0.519. The van der Waals surface area contributed by atoms with E-state index in [0.29, 0.717) is 18.9 Å². The standard InChI is InChI=1S/C22H20N4O3/c1-12-13(2)25-26-20(12)18(27)9-14-8-15-10-17(24-22(15)23-11-14)16-4-3-5-19-21(16)29-7-6-28-19/h3-5,8,10-11H,6-7,9H2,1-2H3,(H,23,24)(H,25,26). The highest BCUT2D eigenvalue weighted by Gasteiger charge is 2.19. The zero-order valence-corrected chi connectivity index (χ0v) is 16.2. The van der Waals surface area contributed by atoms with Gasteiger partial charge in [-0.1, -0.05) is 6.07 Å². The second kappa shape index (κ2) is 6.77. The van der Waals surface area contributed by atoms with E-state index in [2.05, 4.69) is 20.2 Å². The van der Waals surface area contributed by atoms with Gasteiger partial charge in [0.2, 0.25) is 0 Å². The molecule has 0 fully saturated rings. The number of fused-ring (bicyclic) bond motifs is 2. The number of carbonyl (C=O) groups excluding carboxylic acids is 1. The van der Waals surface area contributed by atoms with Crippen LogP contribution in [0.3, 0.4) is 0 Å². The molecule has 0 aliphatic carbocycles. The molecular formula is C22H20N4O3. The number of ketones is 1. The maximum Gasteiger partial charge on any atom is 0.187 e. The molecule has 3 aromatic heterocycles. The Kier molecular flexibility index (Phi) is 4.08. The number of aryl methyl sites for hydroxylation is 1. The van der Waals surface area contributed by atoms with Crippen molar-refractivity contribution in [2.45, 2.75) is 20.3 Å². The number of aromatic amines is 2. The minimum absolute atomic E-state index is 0.0218. The first-order valence-electron chi connectivity index (χ1n) is 9.51. The van der Waals surface area contributed by atoms with E-state index in [1.165, 1.54) is 0 Å². The Morgan fingerprint density at radius 1 is 1.17 bits per heavy atom. The van der Waals surface area contributed by atoms with E-state index in [1.807, 2.05) is 44.2 Å². The zero-order valence-electron chi connectivity index (χ0n) is 16.2. The number of hydrogen-bond acceptors (Lipinski definition) is 5. The van der Waals surface area contributed by atoms with Crippen LogP contribution in [0.4, 0.5) is 0 Å². The van der Waals surface area contributed by atoms with Gasteiger partial charge in [-0.2, -0.15) is 5.10 Å². The highest BCUT2D eigenvalue weighted by atomic mass is 16.6. The van der Waals surface area contributed by atoms with Gasteiger partial charge < -0.3 is 14.5 Å². The Hall–Kier alpha value is -3.61. The highest BCUT2D eigenvalue weighted by molar-refractivity contribution is 5.97. The Labute approximate surface area is 167 Å². The van der Waals surface area contributed by atoms with Crippen molar-refractivity contribution in [3.63, 3.8) is 0 Å². The number of carbonyl (C=O) groups is 1. The van der Waals surface area contributed by atoms with E-state index in [1.54, 1.807) is 6.20 Å². The maximum atomic E-state index is 12.6. The second-order valence-electron chi connectivity index (χ2n) is 7.22. The largest absolute Gasteiger partial charge is 0.486 e. The number of benzene rings is 1. The van der Waals surface area contributed by atoms with Crippen LogP contribution in [0.1, 0.15) is 27.3 Å². The molecule has 0 bridgehead atoms. The molecule has 0 saturated heterocycles. The summed E-state index contributed by atoms with van der Waals surface area (Å²) in [5.74, 6) is 1.47. The lowest BCUT2D eigenvalue weighted by atomic mass is 10.0. The number of aromatic nitrogens is 4. The topological polar surface area (TPSA) is 92.9 Å². The van der Waals surface area contributed by atoms with Gasteiger partial charge in [-0.15, -0.1) is 0 Å². The lowest BCUT2D eigenvalue weighted by molar-refractivity contribution is 0.0987. The molecule has 29 heavy (non-hydrogen) atoms. The van der Waals surface area contributed by atoms with Gasteiger partial charge in [0.1, 0.15) is 24.6 Å². The monoisotopic (exact) mass is 388 g/mol. The predicted molar refractivity (Wildman–Crippen MR) is 109 cm³/mol. The number of para-hydroxylation sites is 1. The van der Waals surface area contributed by atoms with Crippen molar-refractivity contribution >= 4 is 16.8 Å². The van der Waals surface area contributed by atoms with Gasteiger partial charge >= 0.3 is 0 Å². The fraction of sp³-hybridized carbons (Fsp3) is 0.227. The van der Waals surface area contributed by atoms with E-state index in [9.17, 15) is 4.79 Å². The van der Waals surface area contributed by atoms with Crippen molar-refractivity contribution in [1.82, 2.24) is 20.2 Å². The molecule has 1 aliphatic rings. The molecule has 0 saturated carbocycles. The highest BCUT2D eigenvalue weighted by Crippen LogP contribution is 2.40. The molecule has 0 unspecified atom stereocenters. The first-order valence-corrected chi connectivity index (χ1v) is 9.51. The first-order chi connectivity index (χ1) is 14.1. The average molecular weight is 388 g/mol. The van der Waals surface area contributed by atoms with Crippen molar-refractivity contribution < 1.29 is 14.3 Å². The SMILES string of the molecule is Cc1[nH]nc(C(=O)Cc2cnc3[nH]c(-c4cccc5c4OCCO5)cc3c2)c1C. The van der Waals surface area contributed by atoms with Crippen LogP contribution in [0.15, 0.2) is 36.5 Å². The number of Topliss-reactive ketones (excluding diaryl/α,β-unsaturated/α-hetero) is 1. The van der Waals surface area contributed by atoms with Crippen molar-refractivity contribution in [2.75, 3.05) is 13.2 Å². The van der Waals surface area contributed by atoms with Crippen LogP contribution in [0.2, 0.25) is 0 Å². The minimum atomic E-state index is -0.0218. The molecule has 1 aromatic carbocycles. The summed E-state index contributed by atoms with van der Waals surface area (Å²) in [5.41, 5.74) is 5.74. The summed E-state index contributed by atoms with van der Waals surface area (Å²) in [4.78, 5) is 20.5. The number of hydrogen-bond donors (Lipinski definition) is 2. The number of nitrogens with zero attached hydrogens (tertiary/aromatic N) is 2. The smallest absolute Gasteiger partial charge is 0.187 e. The molecule has 0 radical (unpaired) electrons. The molecule has 1 aliphatic heterocycles. The van der Waals surface area contributed by atoms with Crippen LogP contribution in [-0.4, -0.2) is 39.2 Å². The Morgan fingerprint density at radius 3 is 2.86 bits per heavy atom. The zero-order chi connectivity index (χ0) is 20.0. The third-order valence-corrected chi connectivity index (χ3v) is 5.27. The second-order valence-corrected chi connectivity index (χ2v) is 7.22. The predicted octanol–water partition coefficient (Wildman–Crippen LogP) is 3.77. The summed E-state index contributed by atoms with van der Waals surface area (Å²) >= 11 is 0. The average Bonchev–Trinajstić information content (AvgIpc) is 3.30. The van der Waals surface area contributed by atoms with Gasteiger partial charge in [0.15, 0.2) is 17.3 Å². The van der Waals surface area contributed by atoms with Gasteiger partial charge in [-0.3, -0.25) is 9.89 Å². The number of nitrogens with one attached hydrogen (secondary N) is 2. The third-order valence-electron chi connectivity index (χ3n) is 5.27. The van der Waals surface area contributed by atoms with Gasteiger partial charge in [0.05, 0.1) is 5.69 Å². The fourth-order valence-corrected chi connectivity index (χ4v) is 3.61. The summed E-state index contributed by atoms with van der Waals surface area (Å²) in [5, 5.41) is 7.94. The van der Waals surface area contributed by atoms with Gasteiger partial charge in [-0.05, 0) is 43.7 Å². The molecule has 4 aromatic rings. The van der Waals surface area contributed by atoms with Crippen molar-refractivity contribution in [2.24, 2.45) is 0 Å². The lowest BCUT2D eigenvalue weighted by Crippen LogP contribution is -2.15. The van der Waals surface area contributed by atoms with E-state index < -0.39 is 0 Å². The van der Waals surface area contributed by atoms with E-state index in [4.69, 9.17) is 9.47 Å². The minimum Gasteiger partial charge on any atom is -0.486 e. The number of rotatable bonds is 4. The molecule has 0 amide bonds. The molecule has 7 heteroatoms. The molecule has 5 rings (SSSR count). The van der Waals surface area contributed by atoms with Gasteiger partial charge in [0, 0.05) is 34.8 Å². The fourth-order valence-electron chi connectivity index (χ4n) is 3.61. The van der Waals surface area contributed by atoms with Crippen LogP contribution in [-0.2, 0) is 6.42 Å². The maximum absolute atomic E-state index is 12.6. The lowest BCUT2D eigenvalue weighted by Gasteiger charge is -2.20. The molecule has 7 nitrogen and oxygen atoms in total. The Bertz CT molecular complexity index is 1240. The summed E-state index contributed by atoms with van der Waals surface area (Å²) in [7, 11) is 0. The summed E-state index contributed by atoms with van der Waals surface area (Å²) in [6.07, 6.45) is 1.99. The molecule has 4 heterocycles. The summed E-state index contributed by atoms with van der Waals surface area (Å²) in [6.45, 7) is 4.89. The van der Waals surface area contributed by atoms with Gasteiger partial charge in [0.25, 0.3) is 0 Å². The Morgan fingerprint density at radius 2 is 2.03 bits per heavy atom.